The van der Waals surface area contributed by atoms with Crippen LogP contribution in [-0.2, 0) is 0 Å². The molecule has 1 fully saturated rings. The van der Waals surface area contributed by atoms with Gasteiger partial charge >= 0.3 is 0 Å². The van der Waals surface area contributed by atoms with Crippen molar-refractivity contribution in [3.63, 3.8) is 0 Å². The van der Waals surface area contributed by atoms with Crippen LogP contribution in [-0.4, -0.2) is 24.2 Å². The van der Waals surface area contributed by atoms with Gasteiger partial charge in [0.1, 0.15) is 0 Å². The Kier molecular flexibility index (Phi) is 5.66. The molecule has 5 heteroatoms. The SMILES string of the molecule is O=[N+]([O-])c1ccc(N2CCCCC2)c(C=Nc2ccc(-c3ccccc3)cc2)c1. The predicted molar refractivity (Wildman–Crippen MR) is 118 cm³/mol. The van der Waals surface area contributed by atoms with Crippen molar-refractivity contribution in [2.75, 3.05) is 18.0 Å². The van der Waals surface area contributed by atoms with E-state index in [0.717, 1.165) is 54.0 Å². The standard InChI is InChI=1S/C24H23N3O2/c28-27(29)23-13-14-24(26-15-5-2-6-16-26)21(17-23)18-25-22-11-9-20(10-12-22)19-7-3-1-4-8-19/h1,3-4,7-14,17-18H,2,5-6,15-16H2. The smallest absolute Gasteiger partial charge is 0.270 e. The van der Waals surface area contributed by atoms with Crippen LogP contribution in [0.2, 0.25) is 0 Å². The Labute approximate surface area is 170 Å². The van der Waals surface area contributed by atoms with Crippen LogP contribution >= 0.6 is 0 Å². The third-order valence-electron chi connectivity index (χ3n) is 5.25. The summed E-state index contributed by atoms with van der Waals surface area (Å²) < 4.78 is 0. The van der Waals surface area contributed by atoms with Gasteiger partial charge in [0.2, 0.25) is 0 Å². The van der Waals surface area contributed by atoms with Crippen molar-refractivity contribution < 1.29 is 4.92 Å². The number of hydrogen-bond donors (Lipinski definition) is 0. The molecule has 1 heterocycles. The van der Waals surface area contributed by atoms with Gasteiger partial charge in [0.05, 0.1) is 10.6 Å². The zero-order valence-corrected chi connectivity index (χ0v) is 16.2. The fourth-order valence-electron chi connectivity index (χ4n) is 3.70. The molecule has 5 nitrogen and oxygen atoms in total. The van der Waals surface area contributed by atoms with E-state index in [1.165, 1.54) is 6.42 Å². The molecule has 1 aliphatic heterocycles. The Bertz CT molecular complexity index is 1010. The number of anilines is 1. The van der Waals surface area contributed by atoms with E-state index in [0.29, 0.717) is 0 Å². The first-order valence-electron chi connectivity index (χ1n) is 9.94. The van der Waals surface area contributed by atoms with Crippen molar-refractivity contribution >= 4 is 23.3 Å². The molecule has 0 amide bonds. The topological polar surface area (TPSA) is 58.7 Å². The highest BCUT2D eigenvalue weighted by Crippen LogP contribution is 2.28. The second kappa shape index (κ2) is 8.69. The minimum atomic E-state index is -0.355. The van der Waals surface area contributed by atoms with Gasteiger partial charge in [-0.3, -0.25) is 15.1 Å². The molecule has 0 bridgehead atoms. The largest absolute Gasteiger partial charge is 0.371 e. The molecule has 0 unspecified atom stereocenters. The van der Waals surface area contributed by atoms with Crippen molar-refractivity contribution in [3.8, 4) is 11.1 Å². The van der Waals surface area contributed by atoms with E-state index in [1.54, 1.807) is 18.3 Å². The van der Waals surface area contributed by atoms with Crippen LogP contribution in [0.4, 0.5) is 17.1 Å². The minimum Gasteiger partial charge on any atom is -0.371 e. The van der Waals surface area contributed by atoms with E-state index in [1.807, 2.05) is 48.5 Å². The summed E-state index contributed by atoms with van der Waals surface area (Å²) in [5, 5.41) is 11.2. The Hall–Kier alpha value is -3.47. The van der Waals surface area contributed by atoms with Crippen LogP contribution < -0.4 is 4.90 Å². The zero-order valence-electron chi connectivity index (χ0n) is 16.2. The summed E-state index contributed by atoms with van der Waals surface area (Å²) in [6, 6.07) is 23.3. The molecule has 29 heavy (non-hydrogen) atoms. The number of piperidine rings is 1. The average molecular weight is 385 g/mol. The number of aliphatic imine (C=N–C) groups is 1. The van der Waals surface area contributed by atoms with Gasteiger partial charge < -0.3 is 4.90 Å². The van der Waals surface area contributed by atoms with Gasteiger partial charge in [0, 0.05) is 42.7 Å². The Morgan fingerprint density at radius 2 is 1.55 bits per heavy atom. The van der Waals surface area contributed by atoms with E-state index < -0.39 is 0 Å². The monoisotopic (exact) mass is 385 g/mol. The molecule has 0 saturated carbocycles. The summed E-state index contributed by atoms with van der Waals surface area (Å²) in [6.45, 7) is 1.95. The van der Waals surface area contributed by atoms with Crippen molar-refractivity contribution in [2.24, 2.45) is 4.99 Å². The number of hydrogen-bond acceptors (Lipinski definition) is 4. The van der Waals surface area contributed by atoms with Crippen LogP contribution in [0.1, 0.15) is 24.8 Å². The van der Waals surface area contributed by atoms with E-state index >= 15 is 0 Å². The van der Waals surface area contributed by atoms with Crippen LogP contribution in [0.15, 0.2) is 77.8 Å². The first-order chi connectivity index (χ1) is 14.2. The molecule has 146 valence electrons. The van der Waals surface area contributed by atoms with Gasteiger partial charge in [0.25, 0.3) is 5.69 Å². The molecule has 4 rings (SSSR count). The van der Waals surface area contributed by atoms with Crippen LogP contribution in [0.25, 0.3) is 11.1 Å². The van der Waals surface area contributed by atoms with Gasteiger partial charge in [-0.15, -0.1) is 0 Å². The predicted octanol–water partition coefficient (Wildman–Crippen LogP) is 6.00. The lowest BCUT2D eigenvalue weighted by atomic mass is 10.1. The summed E-state index contributed by atoms with van der Waals surface area (Å²) in [5.41, 5.74) is 5.00. The summed E-state index contributed by atoms with van der Waals surface area (Å²) in [5.74, 6) is 0. The molecule has 0 spiro atoms. The number of nitro benzene ring substituents is 1. The van der Waals surface area contributed by atoms with Crippen molar-refractivity contribution in [1.29, 1.82) is 0 Å². The van der Waals surface area contributed by atoms with Crippen molar-refractivity contribution in [2.45, 2.75) is 19.3 Å². The molecular formula is C24H23N3O2. The molecule has 0 N–H and O–H groups in total. The third-order valence-corrected chi connectivity index (χ3v) is 5.25. The Balaban J connectivity index is 1.61. The summed E-state index contributed by atoms with van der Waals surface area (Å²) in [7, 11) is 0. The first-order valence-corrected chi connectivity index (χ1v) is 9.94. The summed E-state index contributed by atoms with van der Waals surface area (Å²) in [4.78, 5) is 17.8. The number of rotatable bonds is 5. The molecule has 0 aromatic heterocycles. The fraction of sp³-hybridized carbons (Fsp3) is 0.208. The molecule has 3 aromatic rings. The van der Waals surface area contributed by atoms with E-state index in [-0.39, 0.29) is 10.6 Å². The maximum atomic E-state index is 11.2. The van der Waals surface area contributed by atoms with Crippen molar-refractivity contribution in [1.82, 2.24) is 0 Å². The second-order valence-electron chi connectivity index (χ2n) is 7.22. The first kappa shape index (κ1) is 18.9. The van der Waals surface area contributed by atoms with Gasteiger partial charge in [-0.2, -0.15) is 0 Å². The third kappa shape index (κ3) is 4.51. The number of benzene rings is 3. The lowest BCUT2D eigenvalue weighted by Crippen LogP contribution is -2.30. The molecule has 3 aromatic carbocycles. The second-order valence-corrected chi connectivity index (χ2v) is 7.22. The lowest BCUT2D eigenvalue weighted by molar-refractivity contribution is -0.384. The molecule has 0 aliphatic carbocycles. The maximum Gasteiger partial charge on any atom is 0.270 e. The fourth-order valence-corrected chi connectivity index (χ4v) is 3.70. The van der Waals surface area contributed by atoms with Gasteiger partial charge in [-0.25, -0.2) is 0 Å². The maximum absolute atomic E-state index is 11.2. The quantitative estimate of drug-likeness (QED) is 0.307. The molecular weight excluding hydrogens is 362 g/mol. The van der Waals surface area contributed by atoms with E-state index in [9.17, 15) is 10.1 Å². The van der Waals surface area contributed by atoms with E-state index in [2.05, 4.69) is 22.0 Å². The number of nitro groups is 1. The molecule has 1 saturated heterocycles. The van der Waals surface area contributed by atoms with Crippen LogP contribution in [0.5, 0.6) is 0 Å². The van der Waals surface area contributed by atoms with Crippen LogP contribution in [0.3, 0.4) is 0 Å². The van der Waals surface area contributed by atoms with Gasteiger partial charge in [-0.05, 0) is 48.6 Å². The normalized spacial score (nSPS) is 14.3. The van der Waals surface area contributed by atoms with Crippen LogP contribution in [0, 0.1) is 10.1 Å². The summed E-state index contributed by atoms with van der Waals surface area (Å²) in [6.07, 6.45) is 5.28. The molecule has 0 atom stereocenters. The number of non-ortho nitro benzene ring substituents is 1. The van der Waals surface area contributed by atoms with Crippen molar-refractivity contribution in [3.05, 3.63) is 88.5 Å². The van der Waals surface area contributed by atoms with E-state index in [4.69, 9.17) is 0 Å². The Morgan fingerprint density at radius 3 is 2.24 bits per heavy atom. The Morgan fingerprint density at radius 1 is 0.862 bits per heavy atom. The highest BCUT2D eigenvalue weighted by atomic mass is 16.6. The molecule has 1 aliphatic rings. The minimum absolute atomic E-state index is 0.0895. The zero-order chi connectivity index (χ0) is 20.1. The highest BCUT2D eigenvalue weighted by molar-refractivity contribution is 5.90. The average Bonchev–Trinajstić information content (AvgIpc) is 2.79. The lowest BCUT2D eigenvalue weighted by Gasteiger charge is -2.29. The van der Waals surface area contributed by atoms with Gasteiger partial charge in [0.15, 0.2) is 0 Å². The van der Waals surface area contributed by atoms with Gasteiger partial charge in [-0.1, -0.05) is 42.5 Å². The summed E-state index contributed by atoms with van der Waals surface area (Å²) >= 11 is 0. The molecule has 0 radical (unpaired) electrons. The number of nitrogens with zero attached hydrogens (tertiary/aromatic N) is 3. The highest BCUT2D eigenvalue weighted by Gasteiger charge is 2.16.